The molecule has 120 valence electrons. The maximum Gasteiger partial charge on any atom is 0.308 e. The lowest BCUT2D eigenvalue weighted by atomic mass is 9.84. The largest absolute Gasteiger partial charge is 0.481 e. The Morgan fingerprint density at radius 2 is 2.00 bits per heavy atom. The Balaban J connectivity index is 1.87. The van der Waals surface area contributed by atoms with Gasteiger partial charge >= 0.3 is 5.97 Å². The van der Waals surface area contributed by atoms with Crippen molar-refractivity contribution in [2.24, 2.45) is 5.92 Å². The van der Waals surface area contributed by atoms with E-state index in [1.54, 1.807) is 16.2 Å². The first-order valence-corrected chi connectivity index (χ1v) is 8.64. The number of thiophene rings is 1. The van der Waals surface area contributed by atoms with Crippen molar-refractivity contribution in [2.45, 2.75) is 25.3 Å². The predicted octanol–water partition coefficient (Wildman–Crippen LogP) is 3.36. The summed E-state index contributed by atoms with van der Waals surface area (Å²) >= 11 is 1.66. The van der Waals surface area contributed by atoms with Gasteiger partial charge in [0.05, 0.1) is 12.0 Å². The molecule has 2 atom stereocenters. The number of aliphatic carboxylic acids is 1. The van der Waals surface area contributed by atoms with Crippen LogP contribution in [0.2, 0.25) is 0 Å². The minimum Gasteiger partial charge on any atom is -0.481 e. The van der Waals surface area contributed by atoms with E-state index in [1.165, 1.54) is 4.88 Å². The van der Waals surface area contributed by atoms with Crippen LogP contribution in [0.4, 0.5) is 0 Å². The highest BCUT2D eigenvalue weighted by atomic mass is 32.1. The highest BCUT2D eigenvalue weighted by Crippen LogP contribution is 2.37. The average molecular weight is 329 g/mol. The highest BCUT2D eigenvalue weighted by Gasteiger charge is 2.40. The number of hydrogen-bond acceptors (Lipinski definition) is 3. The number of nitrogens with zero attached hydrogens (tertiary/aromatic N) is 1. The number of carbonyl (C=O) groups excluding carboxylic acids is 1. The molecule has 2 unspecified atom stereocenters. The Morgan fingerprint density at radius 3 is 2.65 bits per heavy atom. The maximum atomic E-state index is 12.4. The fourth-order valence-electron chi connectivity index (χ4n) is 3.22. The van der Waals surface area contributed by atoms with E-state index < -0.39 is 11.9 Å². The molecular formula is C18H19NO3S. The van der Waals surface area contributed by atoms with E-state index in [0.29, 0.717) is 19.4 Å². The molecule has 1 N–H and O–H groups in total. The van der Waals surface area contributed by atoms with Crippen molar-refractivity contribution < 1.29 is 14.7 Å². The number of carboxylic acids is 1. The van der Waals surface area contributed by atoms with Crippen LogP contribution in [0.25, 0.3) is 0 Å². The number of carbonyl (C=O) groups is 2. The molecule has 5 heteroatoms. The first-order valence-electron chi connectivity index (χ1n) is 7.76. The van der Waals surface area contributed by atoms with Crippen molar-refractivity contribution in [3.63, 3.8) is 0 Å². The number of amides is 1. The number of piperidine rings is 1. The predicted molar refractivity (Wildman–Crippen MR) is 89.3 cm³/mol. The van der Waals surface area contributed by atoms with E-state index in [-0.39, 0.29) is 11.9 Å². The quantitative estimate of drug-likeness (QED) is 0.915. The lowest BCUT2D eigenvalue weighted by Gasteiger charge is -2.39. The summed E-state index contributed by atoms with van der Waals surface area (Å²) in [4.78, 5) is 27.1. The summed E-state index contributed by atoms with van der Waals surface area (Å²) in [6.07, 6.45) is 1.48. The number of carboxylic acid groups (broad SMARTS) is 1. The molecule has 0 saturated carbocycles. The molecule has 0 bridgehead atoms. The van der Waals surface area contributed by atoms with Gasteiger partial charge in [0.1, 0.15) is 0 Å². The van der Waals surface area contributed by atoms with Gasteiger partial charge in [0.25, 0.3) is 0 Å². The third-order valence-electron chi connectivity index (χ3n) is 4.34. The van der Waals surface area contributed by atoms with Crippen LogP contribution in [0.3, 0.4) is 0 Å². The number of likely N-dealkylation sites (tertiary alicyclic amines) is 1. The van der Waals surface area contributed by atoms with Crippen LogP contribution in [0, 0.1) is 5.92 Å². The minimum atomic E-state index is -0.826. The molecule has 4 nitrogen and oxygen atoms in total. The average Bonchev–Trinajstić information content (AvgIpc) is 3.07. The lowest BCUT2D eigenvalue weighted by Crippen LogP contribution is -2.46. The zero-order valence-corrected chi connectivity index (χ0v) is 13.5. The Bertz CT molecular complexity index is 669. The summed E-state index contributed by atoms with van der Waals surface area (Å²) in [7, 11) is 0. The second-order valence-corrected chi connectivity index (χ2v) is 6.79. The number of rotatable bonds is 5. The van der Waals surface area contributed by atoms with Crippen molar-refractivity contribution in [1.82, 2.24) is 4.90 Å². The van der Waals surface area contributed by atoms with Crippen molar-refractivity contribution in [1.29, 1.82) is 0 Å². The molecule has 1 amide bonds. The van der Waals surface area contributed by atoms with Crippen molar-refractivity contribution >= 4 is 23.2 Å². The van der Waals surface area contributed by atoms with Crippen LogP contribution in [-0.4, -0.2) is 28.4 Å². The topological polar surface area (TPSA) is 57.6 Å². The summed E-state index contributed by atoms with van der Waals surface area (Å²) < 4.78 is 0. The summed E-state index contributed by atoms with van der Waals surface area (Å²) in [5.41, 5.74) is 0.902. The summed E-state index contributed by atoms with van der Waals surface area (Å²) in [6.45, 7) is 0.558. The van der Waals surface area contributed by atoms with Crippen LogP contribution >= 0.6 is 11.3 Å². The van der Waals surface area contributed by atoms with Gasteiger partial charge in [-0.15, -0.1) is 11.3 Å². The van der Waals surface area contributed by atoms with Crippen molar-refractivity contribution in [3.05, 3.63) is 58.3 Å². The molecule has 0 aliphatic carbocycles. The highest BCUT2D eigenvalue weighted by molar-refractivity contribution is 7.09. The molecule has 1 aliphatic heterocycles. The Hall–Kier alpha value is -2.14. The standard InChI is InChI=1S/C18H19NO3S/c20-16-9-8-15(18(21)22)17(13-5-2-1-3-6-13)19(16)11-10-14-7-4-12-23-14/h1-7,12,15,17H,8-11H2,(H,21,22). The van der Waals surface area contributed by atoms with E-state index in [9.17, 15) is 14.7 Å². The van der Waals surface area contributed by atoms with Crippen LogP contribution < -0.4 is 0 Å². The molecule has 2 heterocycles. The Labute approximate surface area is 139 Å². The van der Waals surface area contributed by atoms with Gasteiger partial charge in [-0.3, -0.25) is 9.59 Å². The molecular weight excluding hydrogens is 310 g/mol. The number of benzene rings is 1. The Kier molecular flexibility index (Phi) is 4.76. The third-order valence-corrected chi connectivity index (χ3v) is 5.28. The van der Waals surface area contributed by atoms with E-state index in [2.05, 4.69) is 0 Å². The third kappa shape index (κ3) is 3.45. The molecule has 1 saturated heterocycles. The molecule has 3 rings (SSSR count). The summed E-state index contributed by atoms with van der Waals surface area (Å²) in [5, 5.41) is 11.6. The van der Waals surface area contributed by atoms with Gasteiger partial charge in [-0.2, -0.15) is 0 Å². The van der Waals surface area contributed by atoms with Crippen LogP contribution in [0.15, 0.2) is 47.8 Å². The van der Waals surface area contributed by atoms with Gasteiger partial charge < -0.3 is 10.0 Å². The molecule has 1 fully saturated rings. The van der Waals surface area contributed by atoms with Crippen molar-refractivity contribution in [3.8, 4) is 0 Å². The second-order valence-electron chi connectivity index (χ2n) is 5.76. The van der Waals surface area contributed by atoms with Gasteiger partial charge in [0, 0.05) is 17.8 Å². The van der Waals surface area contributed by atoms with Gasteiger partial charge in [0.15, 0.2) is 0 Å². The summed E-state index contributed by atoms with van der Waals surface area (Å²) in [6, 6.07) is 13.2. The van der Waals surface area contributed by atoms with E-state index in [1.807, 2.05) is 47.8 Å². The molecule has 1 aromatic heterocycles. The van der Waals surface area contributed by atoms with Crippen LogP contribution in [-0.2, 0) is 16.0 Å². The molecule has 2 aromatic rings. The fraction of sp³-hybridized carbons (Fsp3) is 0.333. The fourth-order valence-corrected chi connectivity index (χ4v) is 3.92. The summed E-state index contributed by atoms with van der Waals surface area (Å²) in [5.74, 6) is -1.32. The van der Waals surface area contributed by atoms with E-state index >= 15 is 0 Å². The smallest absolute Gasteiger partial charge is 0.308 e. The normalized spacial score (nSPS) is 21.4. The minimum absolute atomic E-state index is 0.0490. The van der Waals surface area contributed by atoms with Crippen molar-refractivity contribution in [2.75, 3.05) is 6.54 Å². The maximum absolute atomic E-state index is 12.4. The van der Waals surface area contributed by atoms with Gasteiger partial charge in [-0.1, -0.05) is 36.4 Å². The van der Waals surface area contributed by atoms with E-state index in [4.69, 9.17) is 0 Å². The Morgan fingerprint density at radius 1 is 1.22 bits per heavy atom. The van der Waals surface area contributed by atoms with Gasteiger partial charge in [0.2, 0.25) is 5.91 Å². The molecule has 23 heavy (non-hydrogen) atoms. The van der Waals surface area contributed by atoms with Gasteiger partial charge in [-0.05, 0) is 29.9 Å². The molecule has 1 aromatic carbocycles. The number of hydrogen-bond donors (Lipinski definition) is 1. The molecule has 0 radical (unpaired) electrons. The zero-order chi connectivity index (χ0) is 16.2. The first-order chi connectivity index (χ1) is 11.2. The SMILES string of the molecule is O=C(O)C1CCC(=O)N(CCc2cccs2)C1c1ccccc1. The van der Waals surface area contributed by atoms with Crippen LogP contribution in [0.1, 0.15) is 29.3 Å². The lowest BCUT2D eigenvalue weighted by molar-refractivity contribution is -0.152. The monoisotopic (exact) mass is 329 g/mol. The molecule has 0 spiro atoms. The molecule has 1 aliphatic rings. The van der Waals surface area contributed by atoms with Crippen LogP contribution in [0.5, 0.6) is 0 Å². The van der Waals surface area contributed by atoms with E-state index in [0.717, 1.165) is 12.0 Å². The zero-order valence-electron chi connectivity index (χ0n) is 12.7. The first kappa shape index (κ1) is 15.7. The van der Waals surface area contributed by atoms with Gasteiger partial charge in [-0.25, -0.2) is 0 Å². The second kappa shape index (κ2) is 6.96.